The van der Waals surface area contributed by atoms with Crippen LogP contribution in [0.2, 0.25) is 0 Å². The summed E-state index contributed by atoms with van der Waals surface area (Å²) < 4.78 is 38.6. The summed E-state index contributed by atoms with van der Waals surface area (Å²) >= 11 is 0. The van der Waals surface area contributed by atoms with Crippen LogP contribution in [0.3, 0.4) is 0 Å². The molecule has 8 heteroatoms. The van der Waals surface area contributed by atoms with Gasteiger partial charge in [0, 0.05) is 18.8 Å². The third-order valence-electron chi connectivity index (χ3n) is 4.58. The first-order valence-electron chi connectivity index (χ1n) is 7.20. The highest BCUT2D eigenvalue weighted by Gasteiger charge is 2.53. The Kier molecular flexibility index (Phi) is 3.58. The second-order valence-electron chi connectivity index (χ2n) is 5.97. The van der Waals surface area contributed by atoms with Crippen LogP contribution < -0.4 is 10.7 Å². The van der Waals surface area contributed by atoms with Crippen LogP contribution >= 0.6 is 0 Å². The Labute approximate surface area is 131 Å². The summed E-state index contributed by atoms with van der Waals surface area (Å²) in [6, 6.07) is 6.38. The zero-order chi connectivity index (χ0) is 16.8. The molecule has 0 saturated carbocycles. The van der Waals surface area contributed by atoms with Crippen LogP contribution in [0.25, 0.3) is 0 Å². The van der Waals surface area contributed by atoms with Gasteiger partial charge >= 0.3 is 6.18 Å². The Balaban J connectivity index is 2.09. The summed E-state index contributed by atoms with van der Waals surface area (Å²) in [5.41, 5.74) is 0.0826. The van der Waals surface area contributed by atoms with Crippen molar-refractivity contribution in [2.75, 3.05) is 24.5 Å². The summed E-state index contributed by atoms with van der Waals surface area (Å²) in [6.07, 6.45) is -3.79. The molecule has 1 saturated heterocycles. The van der Waals surface area contributed by atoms with Gasteiger partial charge < -0.3 is 4.90 Å². The highest BCUT2D eigenvalue weighted by molar-refractivity contribution is 6.08. The zero-order valence-electron chi connectivity index (χ0n) is 12.2. The Morgan fingerprint density at radius 3 is 2.52 bits per heavy atom. The fraction of sp³-hybridized carbons (Fsp3) is 0.467. The number of anilines is 1. The molecule has 0 bridgehead atoms. The molecule has 0 aromatic heterocycles. The average Bonchev–Trinajstić information content (AvgIpc) is 2.71. The third kappa shape index (κ3) is 2.56. The molecule has 0 unspecified atom stereocenters. The van der Waals surface area contributed by atoms with E-state index in [-0.39, 0.29) is 5.69 Å². The highest BCUT2D eigenvalue weighted by Crippen LogP contribution is 2.48. The van der Waals surface area contributed by atoms with Gasteiger partial charge in [-0.25, -0.2) is 5.01 Å². The van der Waals surface area contributed by atoms with E-state index < -0.39 is 24.0 Å². The quantitative estimate of drug-likeness (QED) is 0.798. The monoisotopic (exact) mass is 324 g/mol. The van der Waals surface area contributed by atoms with E-state index in [0.717, 1.165) is 4.90 Å². The van der Waals surface area contributed by atoms with Crippen molar-refractivity contribution in [3.8, 4) is 6.07 Å². The lowest BCUT2D eigenvalue weighted by Crippen LogP contribution is -2.51. The molecule has 1 aromatic carbocycles. The number of hydrazine groups is 1. The largest absolute Gasteiger partial charge is 0.406 e. The molecular formula is C15H15F3N4O. The molecule has 2 aliphatic rings. The molecule has 0 aliphatic carbocycles. The van der Waals surface area contributed by atoms with Gasteiger partial charge in [0.05, 0.1) is 17.0 Å². The predicted molar refractivity (Wildman–Crippen MR) is 76.2 cm³/mol. The minimum Gasteiger partial charge on any atom is -0.302 e. The average molecular weight is 324 g/mol. The van der Waals surface area contributed by atoms with E-state index in [1.54, 1.807) is 5.01 Å². The molecule has 122 valence electrons. The standard InChI is InChI=1S/C15H15F3N4O/c16-15(17,18)9-22-12-2-1-10(8-19)7-11(12)14(13(22)23)3-5-21(20)6-4-14/h1-2,7H,3-6,9,20H2. The number of nitrogens with zero attached hydrogens (tertiary/aromatic N) is 3. The van der Waals surface area contributed by atoms with Gasteiger partial charge in [0.25, 0.3) is 0 Å². The van der Waals surface area contributed by atoms with Crippen LogP contribution in [0.15, 0.2) is 18.2 Å². The summed E-state index contributed by atoms with van der Waals surface area (Å²) in [4.78, 5) is 13.6. The Morgan fingerprint density at radius 1 is 1.30 bits per heavy atom. The summed E-state index contributed by atoms with van der Waals surface area (Å²) in [5.74, 6) is 5.17. The molecule has 5 nitrogen and oxygen atoms in total. The summed E-state index contributed by atoms with van der Waals surface area (Å²) in [5, 5.41) is 10.6. The second-order valence-corrected chi connectivity index (χ2v) is 5.97. The number of benzene rings is 1. The van der Waals surface area contributed by atoms with E-state index in [1.807, 2.05) is 6.07 Å². The molecule has 1 amide bonds. The lowest BCUT2D eigenvalue weighted by Gasteiger charge is -2.36. The molecular weight excluding hydrogens is 309 g/mol. The van der Waals surface area contributed by atoms with Crippen molar-refractivity contribution in [3.05, 3.63) is 29.3 Å². The van der Waals surface area contributed by atoms with Crippen LogP contribution in [0.1, 0.15) is 24.0 Å². The van der Waals surface area contributed by atoms with Gasteiger partial charge in [-0.05, 0) is 36.6 Å². The summed E-state index contributed by atoms with van der Waals surface area (Å²) in [6.45, 7) is -0.484. The van der Waals surface area contributed by atoms with Gasteiger partial charge in [-0.15, -0.1) is 0 Å². The first kappa shape index (κ1) is 15.8. The smallest absolute Gasteiger partial charge is 0.302 e. The molecule has 2 aliphatic heterocycles. The molecule has 23 heavy (non-hydrogen) atoms. The first-order valence-corrected chi connectivity index (χ1v) is 7.20. The van der Waals surface area contributed by atoms with Crippen molar-refractivity contribution < 1.29 is 18.0 Å². The highest BCUT2D eigenvalue weighted by atomic mass is 19.4. The van der Waals surface area contributed by atoms with Crippen LogP contribution in [-0.2, 0) is 10.2 Å². The van der Waals surface area contributed by atoms with E-state index >= 15 is 0 Å². The maximum absolute atomic E-state index is 12.9. The van der Waals surface area contributed by atoms with Crippen molar-refractivity contribution in [3.63, 3.8) is 0 Å². The van der Waals surface area contributed by atoms with Crippen molar-refractivity contribution in [2.45, 2.75) is 24.4 Å². The zero-order valence-corrected chi connectivity index (χ0v) is 12.2. The van der Waals surface area contributed by atoms with Crippen molar-refractivity contribution >= 4 is 11.6 Å². The van der Waals surface area contributed by atoms with E-state index in [4.69, 9.17) is 11.1 Å². The van der Waals surface area contributed by atoms with Crippen LogP contribution in [0.5, 0.6) is 0 Å². The minimum atomic E-state index is -4.49. The lowest BCUT2D eigenvalue weighted by atomic mass is 9.73. The lowest BCUT2D eigenvalue weighted by molar-refractivity contribution is -0.135. The SMILES string of the molecule is N#Cc1ccc2c(c1)C1(CCN(N)CC1)C(=O)N2CC(F)(F)F. The molecule has 1 fully saturated rings. The number of nitrogens with two attached hydrogens (primary N) is 1. The Morgan fingerprint density at radius 2 is 1.96 bits per heavy atom. The Hall–Kier alpha value is -2.11. The van der Waals surface area contributed by atoms with Crippen molar-refractivity contribution in [2.24, 2.45) is 5.84 Å². The molecule has 3 rings (SSSR count). The molecule has 1 aromatic rings. The maximum atomic E-state index is 12.9. The number of carbonyl (C=O) groups excluding carboxylic acids is 1. The molecule has 2 heterocycles. The van der Waals surface area contributed by atoms with Gasteiger partial charge in [0.1, 0.15) is 6.54 Å². The number of alkyl halides is 3. The van der Waals surface area contributed by atoms with Gasteiger partial charge in [-0.2, -0.15) is 18.4 Å². The number of amides is 1. The van der Waals surface area contributed by atoms with Crippen LogP contribution in [0.4, 0.5) is 18.9 Å². The number of halogens is 3. The van der Waals surface area contributed by atoms with Crippen molar-refractivity contribution in [1.82, 2.24) is 5.01 Å². The number of hydrogen-bond donors (Lipinski definition) is 1. The molecule has 0 radical (unpaired) electrons. The minimum absolute atomic E-state index is 0.247. The fourth-order valence-corrected chi connectivity index (χ4v) is 3.43. The number of fused-ring (bicyclic) bond motifs is 2. The third-order valence-corrected chi connectivity index (χ3v) is 4.58. The van der Waals surface area contributed by atoms with Gasteiger partial charge in [-0.3, -0.25) is 10.6 Å². The van der Waals surface area contributed by atoms with Gasteiger partial charge in [0.2, 0.25) is 5.91 Å². The normalized spacial score (nSPS) is 20.7. The maximum Gasteiger partial charge on any atom is 0.406 e. The topological polar surface area (TPSA) is 73.4 Å². The van der Waals surface area contributed by atoms with Gasteiger partial charge in [0.15, 0.2) is 0 Å². The van der Waals surface area contributed by atoms with Gasteiger partial charge in [-0.1, -0.05) is 0 Å². The van der Waals surface area contributed by atoms with E-state index in [9.17, 15) is 18.0 Å². The van der Waals surface area contributed by atoms with Crippen molar-refractivity contribution in [1.29, 1.82) is 5.26 Å². The summed E-state index contributed by atoms with van der Waals surface area (Å²) in [7, 11) is 0. The predicted octanol–water partition coefficient (Wildman–Crippen LogP) is 1.67. The number of rotatable bonds is 1. The molecule has 1 spiro atoms. The van der Waals surface area contributed by atoms with E-state index in [1.165, 1.54) is 18.2 Å². The fourth-order valence-electron chi connectivity index (χ4n) is 3.43. The number of piperidine rings is 1. The Bertz CT molecular complexity index is 687. The number of carbonyl (C=O) groups is 1. The second kappa shape index (κ2) is 5.22. The first-order chi connectivity index (χ1) is 10.8. The number of hydrogen-bond acceptors (Lipinski definition) is 4. The van der Waals surface area contributed by atoms with Crippen LogP contribution in [0, 0.1) is 11.3 Å². The van der Waals surface area contributed by atoms with E-state index in [0.29, 0.717) is 37.1 Å². The van der Waals surface area contributed by atoms with E-state index in [2.05, 4.69) is 0 Å². The number of nitriles is 1. The molecule has 2 N–H and O–H groups in total. The molecule has 0 atom stereocenters. The van der Waals surface area contributed by atoms with Crippen LogP contribution in [-0.4, -0.2) is 36.7 Å².